The van der Waals surface area contributed by atoms with E-state index in [1.807, 2.05) is 31.2 Å². The lowest BCUT2D eigenvalue weighted by Crippen LogP contribution is -2.56. The second kappa shape index (κ2) is 9.37. The summed E-state index contributed by atoms with van der Waals surface area (Å²) in [5, 5.41) is 8.40. The lowest BCUT2D eigenvalue weighted by Gasteiger charge is -2.27. The van der Waals surface area contributed by atoms with Crippen LogP contribution >= 0.6 is 47.0 Å². The molecule has 5 nitrogen and oxygen atoms in total. The number of para-hydroxylation sites is 1. The number of alkyl halides is 3. The summed E-state index contributed by atoms with van der Waals surface area (Å²) in [4.78, 5) is 11.5. The molecule has 1 rings (SSSR count). The Bertz CT molecular complexity index is 552. The van der Waals surface area contributed by atoms with E-state index in [0.29, 0.717) is 0 Å². The van der Waals surface area contributed by atoms with E-state index in [1.54, 1.807) is 6.92 Å². The van der Waals surface area contributed by atoms with Crippen LogP contribution in [-0.2, 0) is 11.2 Å². The van der Waals surface area contributed by atoms with Gasteiger partial charge in [0.1, 0.15) is 0 Å². The maximum atomic E-state index is 11.5. The van der Waals surface area contributed by atoms with E-state index in [9.17, 15) is 4.79 Å². The molecule has 1 amide bonds. The standard InChI is InChI=1S/C14H18Cl3N3O2S/c1-3-9-7-5-6-8-10(9)18-12(23)19-11(14(15,16)17)20-13(21)22-4-2/h5-8,11H,3-4H2,1-2H3,(H,20,21)(H2,18,19,23). The van der Waals surface area contributed by atoms with Crippen LogP contribution in [0.1, 0.15) is 19.4 Å². The minimum Gasteiger partial charge on any atom is -0.450 e. The van der Waals surface area contributed by atoms with Crippen LogP contribution in [-0.4, -0.2) is 27.8 Å². The molecule has 1 unspecified atom stereocenters. The molecule has 3 N–H and O–H groups in total. The minimum atomic E-state index is -1.82. The van der Waals surface area contributed by atoms with Crippen LogP contribution in [0.4, 0.5) is 10.5 Å². The number of anilines is 1. The van der Waals surface area contributed by atoms with Crippen LogP contribution < -0.4 is 16.0 Å². The Morgan fingerprint density at radius 1 is 1.26 bits per heavy atom. The highest BCUT2D eigenvalue weighted by molar-refractivity contribution is 7.80. The van der Waals surface area contributed by atoms with Crippen molar-refractivity contribution in [2.45, 2.75) is 30.2 Å². The number of hydrogen-bond acceptors (Lipinski definition) is 3. The largest absolute Gasteiger partial charge is 0.450 e. The number of nitrogens with one attached hydrogen (secondary N) is 3. The van der Waals surface area contributed by atoms with Gasteiger partial charge in [-0.25, -0.2) is 4.79 Å². The van der Waals surface area contributed by atoms with E-state index >= 15 is 0 Å². The minimum absolute atomic E-state index is 0.199. The van der Waals surface area contributed by atoms with Gasteiger partial charge in [0.25, 0.3) is 0 Å². The molecule has 0 fully saturated rings. The second-order valence-corrected chi connectivity index (χ2v) is 7.23. The third-order valence-electron chi connectivity index (χ3n) is 2.79. The zero-order chi connectivity index (χ0) is 17.5. The Labute approximate surface area is 156 Å². The van der Waals surface area contributed by atoms with Crippen molar-refractivity contribution in [3.63, 3.8) is 0 Å². The lowest BCUT2D eigenvalue weighted by molar-refractivity contribution is 0.147. The van der Waals surface area contributed by atoms with Gasteiger partial charge in [0.05, 0.1) is 6.61 Å². The number of alkyl carbamates (subject to hydrolysis) is 1. The van der Waals surface area contributed by atoms with E-state index in [-0.39, 0.29) is 11.7 Å². The fourth-order valence-electron chi connectivity index (χ4n) is 1.73. The molecule has 1 atom stereocenters. The van der Waals surface area contributed by atoms with Crippen molar-refractivity contribution in [1.29, 1.82) is 0 Å². The van der Waals surface area contributed by atoms with E-state index in [2.05, 4.69) is 16.0 Å². The summed E-state index contributed by atoms with van der Waals surface area (Å²) in [6.45, 7) is 3.90. The lowest BCUT2D eigenvalue weighted by atomic mass is 10.1. The van der Waals surface area contributed by atoms with Crippen LogP contribution in [0.15, 0.2) is 24.3 Å². The molecule has 0 radical (unpaired) electrons. The monoisotopic (exact) mass is 397 g/mol. The van der Waals surface area contributed by atoms with Gasteiger partial charge in [-0.2, -0.15) is 0 Å². The Hall–Kier alpha value is -0.950. The van der Waals surface area contributed by atoms with Crippen molar-refractivity contribution >= 4 is 63.9 Å². The number of amides is 1. The molecule has 0 heterocycles. The van der Waals surface area contributed by atoms with Crippen molar-refractivity contribution < 1.29 is 9.53 Å². The van der Waals surface area contributed by atoms with Gasteiger partial charge in [0.2, 0.25) is 3.79 Å². The number of hydrogen-bond donors (Lipinski definition) is 3. The molecule has 0 spiro atoms. The maximum absolute atomic E-state index is 11.5. The molecule has 9 heteroatoms. The van der Waals surface area contributed by atoms with Crippen molar-refractivity contribution in [2.24, 2.45) is 0 Å². The molecular formula is C14H18Cl3N3O2S. The average molecular weight is 399 g/mol. The van der Waals surface area contributed by atoms with Gasteiger partial charge in [-0.3, -0.25) is 5.32 Å². The number of halogens is 3. The molecule has 1 aromatic rings. The smallest absolute Gasteiger partial charge is 0.408 e. The Kier molecular flexibility index (Phi) is 8.19. The highest BCUT2D eigenvalue weighted by Gasteiger charge is 2.35. The SMILES string of the molecule is CCOC(=O)NC(NC(=S)Nc1ccccc1CC)C(Cl)(Cl)Cl. The first kappa shape index (κ1) is 20.1. The molecule has 0 aliphatic carbocycles. The summed E-state index contributed by atoms with van der Waals surface area (Å²) in [5.41, 5.74) is 1.92. The fraction of sp³-hybridized carbons (Fsp3) is 0.429. The topological polar surface area (TPSA) is 62.4 Å². The average Bonchev–Trinajstić information content (AvgIpc) is 2.46. The first-order chi connectivity index (χ1) is 10.8. The quantitative estimate of drug-likeness (QED) is 0.398. The molecule has 23 heavy (non-hydrogen) atoms. The molecule has 1 aromatic carbocycles. The Morgan fingerprint density at radius 3 is 2.48 bits per heavy atom. The Morgan fingerprint density at radius 2 is 1.91 bits per heavy atom. The van der Waals surface area contributed by atoms with Crippen LogP contribution in [0.25, 0.3) is 0 Å². The highest BCUT2D eigenvalue weighted by Crippen LogP contribution is 2.29. The molecule has 0 aromatic heterocycles. The van der Waals surface area contributed by atoms with Gasteiger partial charge in [-0.05, 0) is 37.2 Å². The van der Waals surface area contributed by atoms with E-state index in [0.717, 1.165) is 17.7 Å². The number of aryl methyl sites for hydroxylation is 1. The first-order valence-electron chi connectivity index (χ1n) is 6.93. The zero-order valence-corrected chi connectivity index (χ0v) is 15.7. The van der Waals surface area contributed by atoms with Crippen molar-refractivity contribution in [2.75, 3.05) is 11.9 Å². The predicted molar refractivity (Wildman–Crippen MR) is 99.4 cm³/mol. The fourth-order valence-corrected chi connectivity index (χ4v) is 2.29. The third-order valence-corrected chi connectivity index (χ3v) is 3.66. The van der Waals surface area contributed by atoms with Crippen molar-refractivity contribution in [3.8, 4) is 0 Å². The van der Waals surface area contributed by atoms with E-state index in [4.69, 9.17) is 51.8 Å². The number of carbonyl (C=O) groups excluding carboxylic acids is 1. The normalized spacial score (nSPS) is 12.2. The predicted octanol–water partition coefficient (Wildman–Crippen LogP) is 3.98. The van der Waals surface area contributed by atoms with E-state index < -0.39 is 16.1 Å². The van der Waals surface area contributed by atoms with Gasteiger partial charge in [-0.15, -0.1) is 0 Å². The molecular weight excluding hydrogens is 381 g/mol. The summed E-state index contributed by atoms with van der Waals surface area (Å²) in [5.74, 6) is 0. The zero-order valence-electron chi connectivity index (χ0n) is 12.7. The number of thiocarbonyl (C=S) groups is 1. The first-order valence-corrected chi connectivity index (χ1v) is 8.47. The summed E-state index contributed by atoms with van der Waals surface area (Å²) < 4.78 is 2.96. The van der Waals surface area contributed by atoms with Crippen LogP contribution in [0.5, 0.6) is 0 Å². The van der Waals surface area contributed by atoms with Gasteiger partial charge in [0, 0.05) is 5.69 Å². The van der Waals surface area contributed by atoms with Gasteiger partial charge < -0.3 is 15.4 Å². The molecule has 0 aliphatic heterocycles. The molecule has 0 saturated heterocycles. The second-order valence-electron chi connectivity index (χ2n) is 4.45. The van der Waals surface area contributed by atoms with Crippen LogP contribution in [0.2, 0.25) is 0 Å². The van der Waals surface area contributed by atoms with Crippen LogP contribution in [0, 0.1) is 0 Å². The molecule has 0 saturated carbocycles. The third kappa shape index (κ3) is 6.99. The summed E-state index contributed by atoms with van der Waals surface area (Å²) in [6.07, 6.45) is -0.936. The van der Waals surface area contributed by atoms with E-state index in [1.165, 1.54) is 0 Å². The molecule has 0 aliphatic rings. The number of ether oxygens (including phenoxy) is 1. The summed E-state index contributed by atoms with van der Waals surface area (Å²) >= 11 is 22.8. The maximum Gasteiger partial charge on any atom is 0.408 e. The van der Waals surface area contributed by atoms with Gasteiger partial charge in [0.15, 0.2) is 11.3 Å². The van der Waals surface area contributed by atoms with Crippen LogP contribution in [0.3, 0.4) is 0 Å². The Balaban J connectivity index is 2.75. The van der Waals surface area contributed by atoms with Crippen molar-refractivity contribution in [3.05, 3.63) is 29.8 Å². The summed E-state index contributed by atoms with van der Waals surface area (Å²) in [7, 11) is 0. The highest BCUT2D eigenvalue weighted by atomic mass is 35.6. The van der Waals surface area contributed by atoms with Gasteiger partial charge in [-0.1, -0.05) is 59.9 Å². The van der Waals surface area contributed by atoms with Crippen molar-refractivity contribution in [1.82, 2.24) is 10.6 Å². The van der Waals surface area contributed by atoms with Gasteiger partial charge >= 0.3 is 6.09 Å². The number of rotatable bonds is 5. The number of benzene rings is 1. The molecule has 128 valence electrons. The number of carbonyl (C=O) groups is 1. The molecule has 0 bridgehead atoms. The summed E-state index contributed by atoms with van der Waals surface area (Å²) in [6, 6.07) is 7.69.